The van der Waals surface area contributed by atoms with Crippen molar-refractivity contribution in [3.63, 3.8) is 0 Å². The van der Waals surface area contributed by atoms with Crippen molar-refractivity contribution in [2.45, 2.75) is 38.1 Å². The summed E-state index contributed by atoms with van der Waals surface area (Å²) < 4.78 is 28.9. The van der Waals surface area contributed by atoms with E-state index in [0.717, 1.165) is 17.5 Å². The first-order valence-corrected chi connectivity index (χ1v) is 7.28. The van der Waals surface area contributed by atoms with Crippen molar-refractivity contribution in [2.75, 3.05) is 0 Å². The van der Waals surface area contributed by atoms with Gasteiger partial charge >= 0.3 is 0 Å². The lowest BCUT2D eigenvalue weighted by atomic mass is 9.69. The molecule has 0 aromatic heterocycles. The average Bonchev–Trinajstić information content (AvgIpc) is 2.48. The van der Waals surface area contributed by atoms with Crippen molar-refractivity contribution in [3.05, 3.63) is 70.3 Å². The molecule has 0 saturated carbocycles. The van der Waals surface area contributed by atoms with Crippen molar-refractivity contribution in [1.82, 2.24) is 0 Å². The summed E-state index contributed by atoms with van der Waals surface area (Å²) in [5.74, 6) is -0.736. The lowest BCUT2D eigenvalue weighted by molar-refractivity contribution is 0.377. The van der Waals surface area contributed by atoms with Crippen LogP contribution in [-0.2, 0) is 5.54 Å². The third-order valence-electron chi connectivity index (χ3n) is 4.67. The summed E-state index contributed by atoms with van der Waals surface area (Å²) in [6, 6.07) is 10.5. The smallest absolute Gasteiger partial charge is 0.134 e. The molecule has 0 amide bonds. The Bertz CT molecular complexity index is 696. The standard InChI is InChI=1S/C18H19F2N/c1-11-9-10-18(21,14-6-4-3-5-13(11)14)16-15(19)8-7-12(2)17(16)20/h3-8,11H,9-10,21H2,1-2H3. The van der Waals surface area contributed by atoms with E-state index in [-0.39, 0.29) is 5.56 Å². The second-order valence-electron chi connectivity index (χ2n) is 6.05. The maximum absolute atomic E-state index is 14.6. The van der Waals surface area contributed by atoms with Crippen LogP contribution in [0.15, 0.2) is 36.4 Å². The van der Waals surface area contributed by atoms with Gasteiger partial charge in [-0.2, -0.15) is 0 Å². The van der Waals surface area contributed by atoms with Gasteiger partial charge in [-0.15, -0.1) is 0 Å². The third kappa shape index (κ3) is 2.07. The molecule has 0 saturated heterocycles. The van der Waals surface area contributed by atoms with E-state index in [1.54, 1.807) is 6.92 Å². The Labute approximate surface area is 123 Å². The van der Waals surface area contributed by atoms with Gasteiger partial charge in [0, 0.05) is 5.56 Å². The summed E-state index contributed by atoms with van der Waals surface area (Å²) in [7, 11) is 0. The van der Waals surface area contributed by atoms with Crippen LogP contribution in [0.5, 0.6) is 0 Å². The maximum Gasteiger partial charge on any atom is 0.134 e. The largest absolute Gasteiger partial charge is 0.318 e. The van der Waals surface area contributed by atoms with Crippen molar-refractivity contribution < 1.29 is 8.78 Å². The highest BCUT2D eigenvalue weighted by Gasteiger charge is 2.40. The Hall–Kier alpha value is -1.74. The van der Waals surface area contributed by atoms with E-state index in [1.807, 2.05) is 24.3 Å². The van der Waals surface area contributed by atoms with Gasteiger partial charge in [-0.05, 0) is 48.4 Å². The van der Waals surface area contributed by atoms with Gasteiger partial charge in [-0.3, -0.25) is 0 Å². The van der Waals surface area contributed by atoms with Gasteiger partial charge in [0.2, 0.25) is 0 Å². The molecule has 21 heavy (non-hydrogen) atoms. The molecule has 2 N–H and O–H groups in total. The minimum absolute atomic E-state index is 0.00171. The van der Waals surface area contributed by atoms with Crippen LogP contribution in [0.2, 0.25) is 0 Å². The molecule has 0 aliphatic heterocycles. The van der Waals surface area contributed by atoms with Crippen LogP contribution in [0, 0.1) is 18.6 Å². The molecule has 2 aromatic carbocycles. The van der Waals surface area contributed by atoms with Crippen molar-refractivity contribution in [3.8, 4) is 0 Å². The maximum atomic E-state index is 14.6. The number of hydrogen-bond donors (Lipinski definition) is 1. The molecule has 1 aliphatic carbocycles. The summed E-state index contributed by atoms with van der Waals surface area (Å²) in [6.07, 6.45) is 1.36. The first-order chi connectivity index (χ1) is 9.95. The van der Waals surface area contributed by atoms with Gasteiger partial charge in [0.05, 0.1) is 5.54 Å². The number of halogens is 2. The average molecular weight is 287 g/mol. The summed E-state index contributed by atoms with van der Waals surface area (Å²) in [5.41, 5.74) is 7.81. The Morgan fingerprint density at radius 3 is 2.62 bits per heavy atom. The lowest BCUT2D eigenvalue weighted by Crippen LogP contribution is -2.43. The number of fused-ring (bicyclic) bond motifs is 1. The fraction of sp³-hybridized carbons (Fsp3) is 0.333. The highest BCUT2D eigenvalue weighted by Crippen LogP contribution is 2.45. The predicted octanol–water partition coefficient (Wildman–Crippen LogP) is 4.37. The van der Waals surface area contributed by atoms with E-state index >= 15 is 0 Å². The molecule has 3 heteroatoms. The zero-order chi connectivity index (χ0) is 15.2. The van der Waals surface area contributed by atoms with E-state index in [1.165, 1.54) is 12.1 Å². The molecule has 110 valence electrons. The number of hydrogen-bond acceptors (Lipinski definition) is 1. The van der Waals surface area contributed by atoms with Crippen LogP contribution < -0.4 is 5.73 Å². The van der Waals surface area contributed by atoms with Gasteiger partial charge in [0.15, 0.2) is 0 Å². The molecular weight excluding hydrogens is 268 g/mol. The zero-order valence-electron chi connectivity index (χ0n) is 12.3. The molecular formula is C18H19F2N. The topological polar surface area (TPSA) is 26.0 Å². The quantitative estimate of drug-likeness (QED) is 0.828. The first kappa shape index (κ1) is 14.2. The molecule has 2 aromatic rings. The van der Waals surface area contributed by atoms with Gasteiger partial charge in [0.25, 0.3) is 0 Å². The third-order valence-corrected chi connectivity index (χ3v) is 4.67. The van der Waals surface area contributed by atoms with Crippen LogP contribution >= 0.6 is 0 Å². The molecule has 1 aliphatic rings. The van der Waals surface area contributed by atoms with Crippen molar-refractivity contribution >= 4 is 0 Å². The van der Waals surface area contributed by atoms with Crippen molar-refractivity contribution in [2.24, 2.45) is 5.73 Å². The SMILES string of the molecule is Cc1ccc(F)c(C2(N)CCC(C)c3ccccc32)c1F. The highest BCUT2D eigenvalue weighted by atomic mass is 19.1. The Balaban J connectivity index is 2.28. The molecule has 1 nitrogen and oxygen atoms in total. The fourth-order valence-electron chi connectivity index (χ4n) is 3.39. The summed E-state index contributed by atoms with van der Waals surface area (Å²) in [4.78, 5) is 0. The highest BCUT2D eigenvalue weighted by molar-refractivity contribution is 5.47. The normalized spacial score (nSPS) is 24.7. The second-order valence-corrected chi connectivity index (χ2v) is 6.05. The zero-order valence-corrected chi connectivity index (χ0v) is 12.3. The molecule has 2 unspecified atom stereocenters. The monoisotopic (exact) mass is 287 g/mol. The molecule has 2 atom stereocenters. The van der Waals surface area contributed by atoms with E-state index in [2.05, 4.69) is 6.92 Å². The molecule has 0 spiro atoms. The minimum Gasteiger partial charge on any atom is -0.318 e. The van der Waals surface area contributed by atoms with Gasteiger partial charge in [-0.1, -0.05) is 37.3 Å². The number of rotatable bonds is 1. The Morgan fingerprint density at radius 2 is 1.86 bits per heavy atom. The van der Waals surface area contributed by atoms with Crippen LogP contribution in [-0.4, -0.2) is 0 Å². The molecule has 3 rings (SSSR count). The number of nitrogens with two attached hydrogens (primary N) is 1. The van der Waals surface area contributed by atoms with Crippen LogP contribution in [0.3, 0.4) is 0 Å². The lowest BCUT2D eigenvalue weighted by Gasteiger charge is -2.39. The van der Waals surface area contributed by atoms with E-state index in [9.17, 15) is 8.78 Å². The summed E-state index contributed by atoms with van der Waals surface area (Å²) in [5, 5.41) is 0. The molecule has 0 radical (unpaired) electrons. The Morgan fingerprint density at radius 1 is 1.14 bits per heavy atom. The molecule has 0 heterocycles. The van der Waals surface area contributed by atoms with Crippen LogP contribution in [0.1, 0.15) is 47.9 Å². The molecule has 0 fully saturated rings. The van der Waals surface area contributed by atoms with E-state index in [4.69, 9.17) is 5.73 Å². The van der Waals surface area contributed by atoms with Crippen LogP contribution in [0.25, 0.3) is 0 Å². The van der Waals surface area contributed by atoms with E-state index < -0.39 is 17.2 Å². The second kappa shape index (κ2) is 4.92. The van der Waals surface area contributed by atoms with Crippen LogP contribution in [0.4, 0.5) is 8.78 Å². The number of benzene rings is 2. The van der Waals surface area contributed by atoms with Gasteiger partial charge in [-0.25, -0.2) is 8.78 Å². The Kier molecular flexibility index (Phi) is 3.33. The predicted molar refractivity (Wildman–Crippen MR) is 80.2 cm³/mol. The van der Waals surface area contributed by atoms with Crippen molar-refractivity contribution in [1.29, 1.82) is 0 Å². The summed E-state index contributed by atoms with van der Waals surface area (Å²) in [6.45, 7) is 3.76. The summed E-state index contributed by atoms with van der Waals surface area (Å²) >= 11 is 0. The number of aryl methyl sites for hydroxylation is 1. The minimum atomic E-state index is -1.09. The molecule has 0 bridgehead atoms. The van der Waals surface area contributed by atoms with Gasteiger partial charge < -0.3 is 5.73 Å². The fourth-order valence-corrected chi connectivity index (χ4v) is 3.39. The first-order valence-electron chi connectivity index (χ1n) is 7.28. The van der Waals surface area contributed by atoms with Gasteiger partial charge in [0.1, 0.15) is 11.6 Å². The van der Waals surface area contributed by atoms with E-state index in [0.29, 0.717) is 17.9 Å².